The van der Waals surface area contributed by atoms with Gasteiger partial charge in [-0.1, -0.05) is 0 Å². The van der Waals surface area contributed by atoms with Gasteiger partial charge < -0.3 is 10.4 Å². The molecule has 9 heteroatoms. The number of nitrogens with one attached hydrogen (secondary N) is 2. The lowest BCUT2D eigenvalue weighted by Gasteiger charge is -2.17. The van der Waals surface area contributed by atoms with Crippen LogP contribution in [0.3, 0.4) is 0 Å². The fourth-order valence-corrected chi connectivity index (χ4v) is 3.12. The van der Waals surface area contributed by atoms with Crippen molar-refractivity contribution in [1.82, 2.24) is 19.8 Å². The van der Waals surface area contributed by atoms with Crippen molar-refractivity contribution in [2.45, 2.75) is 18.2 Å². The van der Waals surface area contributed by atoms with Gasteiger partial charge in [0.25, 0.3) is 0 Å². The first-order chi connectivity index (χ1) is 8.82. The van der Waals surface area contributed by atoms with Crippen molar-refractivity contribution in [3.63, 3.8) is 0 Å². The number of sulfonamides is 1. The number of carboxylic acids is 1. The molecular formula is C10H18N4O4S. The zero-order chi connectivity index (χ0) is 14.6. The third kappa shape index (κ3) is 3.31. The second-order valence-electron chi connectivity index (χ2n) is 4.12. The van der Waals surface area contributed by atoms with Crippen LogP contribution in [0.25, 0.3) is 0 Å². The molecule has 0 amide bonds. The summed E-state index contributed by atoms with van der Waals surface area (Å²) in [5.74, 6) is -1.37. The lowest BCUT2D eigenvalue weighted by molar-refractivity contribution is 0.0686. The van der Waals surface area contributed by atoms with E-state index >= 15 is 0 Å². The number of carbonyl (C=O) groups is 1. The Balaban J connectivity index is 3.06. The van der Waals surface area contributed by atoms with Gasteiger partial charge in [-0.3, -0.25) is 5.10 Å². The molecule has 0 aliphatic heterocycles. The fourth-order valence-electron chi connectivity index (χ4n) is 1.63. The van der Waals surface area contributed by atoms with Crippen molar-refractivity contribution < 1.29 is 18.3 Å². The van der Waals surface area contributed by atoms with Crippen LogP contribution in [-0.4, -0.2) is 61.2 Å². The summed E-state index contributed by atoms with van der Waals surface area (Å²) in [5, 5.41) is 17.8. The largest absolute Gasteiger partial charge is 0.476 e. The van der Waals surface area contributed by atoms with Crippen molar-refractivity contribution in [2.75, 3.05) is 27.2 Å². The third-order valence-corrected chi connectivity index (χ3v) is 4.68. The predicted octanol–water partition coefficient (Wildman–Crippen LogP) is -0.354. The Morgan fingerprint density at radius 3 is 2.68 bits per heavy atom. The highest BCUT2D eigenvalue weighted by Gasteiger charge is 2.31. The molecule has 0 saturated carbocycles. The third-order valence-electron chi connectivity index (χ3n) is 2.66. The second-order valence-corrected chi connectivity index (χ2v) is 6.10. The molecule has 1 rings (SSSR count). The van der Waals surface area contributed by atoms with Gasteiger partial charge in [-0.2, -0.15) is 5.10 Å². The van der Waals surface area contributed by atoms with Crippen molar-refractivity contribution in [2.24, 2.45) is 0 Å². The topological polar surface area (TPSA) is 115 Å². The highest BCUT2D eigenvalue weighted by molar-refractivity contribution is 7.89. The first-order valence-corrected chi connectivity index (χ1v) is 7.15. The Morgan fingerprint density at radius 2 is 2.16 bits per heavy atom. The van der Waals surface area contributed by atoms with E-state index in [0.717, 1.165) is 4.31 Å². The lowest BCUT2D eigenvalue weighted by atomic mass is 10.4. The van der Waals surface area contributed by atoms with Gasteiger partial charge in [0.1, 0.15) is 4.90 Å². The number of hydrogen-bond acceptors (Lipinski definition) is 5. The van der Waals surface area contributed by atoms with E-state index in [1.165, 1.54) is 14.0 Å². The number of hydrogen-bond donors (Lipinski definition) is 3. The summed E-state index contributed by atoms with van der Waals surface area (Å²) in [5.41, 5.74) is -0.254. The van der Waals surface area contributed by atoms with Gasteiger partial charge in [0.2, 0.25) is 10.0 Å². The van der Waals surface area contributed by atoms with E-state index in [4.69, 9.17) is 5.11 Å². The van der Waals surface area contributed by atoms with Gasteiger partial charge in [0, 0.05) is 13.6 Å². The minimum atomic E-state index is -3.85. The molecule has 8 nitrogen and oxygen atoms in total. The Kier molecular flexibility index (Phi) is 5.04. The average Bonchev–Trinajstić information content (AvgIpc) is 2.72. The van der Waals surface area contributed by atoms with Crippen LogP contribution in [-0.2, 0) is 10.0 Å². The fraction of sp³-hybridized carbons (Fsp3) is 0.600. The first-order valence-electron chi connectivity index (χ1n) is 5.71. The molecule has 1 aromatic rings. The van der Waals surface area contributed by atoms with Crippen molar-refractivity contribution in [3.05, 3.63) is 11.4 Å². The molecule has 0 fully saturated rings. The maximum absolute atomic E-state index is 12.3. The maximum Gasteiger partial charge on any atom is 0.357 e. The van der Waals surface area contributed by atoms with Crippen molar-refractivity contribution >= 4 is 16.0 Å². The van der Waals surface area contributed by atoms with E-state index in [-0.39, 0.29) is 10.6 Å². The van der Waals surface area contributed by atoms with E-state index < -0.39 is 21.7 Å². The Labute approximate surface area is 111 Å². The summed E-state index contributed by atoms with van der Waals surface area (Å²) in [6, 6.07) is 0. The number of aromatic carboxylic acids is 1. The minimum Gasteiger partial charge on any atom is -0.476 e. The number of H-pyrrole nitrogens is 1. The Hall–Kier alpha value is -1.45. The molecule has 108 valence electrons. The zero-order valence-corrected chi connectivity index (χ0v) is 11.9. The highest BCUT2D eigenvalue weighted by Crippen LogP contribution is 2.21. The van der Waals surface area contributed by atoms with Crippen LogP contribution in [0.5, 0.6) is 0 Å². The van der Waals surface area contributed by atoms with Gasteiger partial charge in [-0.05, 0) is 26.9 Å². The quantitative estimate of drug-likeness (QED) is 0.591. The van der Waals surface area contributed by atoms with Crippen LogP contribution in [0, 0.1) is 6.92 Å². The van der Waals surface area contributed by atoms with Gasteiger partial charge >= 0.3 is 5.97 Å². The Morgan fingerprint density at radius 1 is 1.53 bits per heavy atom. The molecular weight excluding hydrogens is 272 g/mol. The van der Waals surface area contributed by atoms with Crippen LogP contribution < -0.4 is 5.32 Å². The second kappa shape index (κ2) is 6.13. The predicted molar refractivity (Wildman–Crippen MR) is 68.6 cm³/mol. The average molecular weight is 290 g/mol. The standard InChI is InChI=1S/C10H18N4O4S/c1-7-9(8(10(15)16)13-12-7)19(17,18)14(3)6-4-5-11-2/h11H,4-6H2,1-3H3,(H,12,13)(H,15,16). The number of nitrogens with zero attached hydrogens (tertiary/aromatic N) is 2. The van der Waals surface area contributed by atoms with Crippen LogP contribution in [0.4, 0.5) is 0 Å². The SMILES string of the molecule is CNCCCN(C)S(=O)(=O)c1c(C(=O)O)n[nH]c1C. The van der Waals surface area contributed by atoms with Crippen molar-refractivity contribution in [1.29, 1.82) is 0 Å². The van der Waals surface area contributed by atoms with E-state index in [1.54, 1.807) is 7.05 Å². The summed E-state index contributed by atoms with van der Waals surface area (Å²) in [7, 11) is -0.657. The summed E-state index contributed by atoms with van der Waals surface area (Å²) >= 11 is 0. The molecule has 0 aliphatic rings. The van der Waals surface area contributed by atoms with Crippen LogP contribution in [0.1, 0.15) is 22.6 Å². The number of rotatable bonds is 7. The normalized spacial score (nSPS) is 12.0. The van der Waals surface area contributed by atoms with Crippen LogP contribution in [0.15, 0.2) is 4.90 Å². The minimum absolute atomic E-state index is 0.220. The molecule has 1 aromatic heterocycles. The van der Waals surface area contributed by atoms with Gasteiger partial charge in [0.05, 0.1) is 5.69 Å². The summed E-state index contributed by atoms with van der Waals surface area (Å²) in [4.78, 5) is 10.7. The van der Waals surface area contributed by atoms with E-state index in [0.29, 0.717) is 19.5 Å². The molecule has 0 spiro atoms. The number of aryl methyl sites for hydroxylation is 1. The Bertz CT molecular complexity index is 552. The number of aromatic nitrogens is 2. The van der Waals surface area contributed by atoms with Crippen LogP contribution in [0.2, 0.25) is 0 Å². The lowest BCUT2D eigenvalue weighted by Crippen LogP contribution is -2.30. The van der Waals surface area contributed by atoms with Crippen molar-refractivity contribution in [3.8, 4) is 0 Å². The van der Waals surface area contributed by atoms with E-state index in [2.05, 4.69) is 15.5 Å². The molecule has 0 unspecified atom stereocenters. The summed E-state index contributed by atoms with van der Waals surface area (Å²) < 4.78 is 25.8. The van der Waals surface area contributed by atoms with E-state index in [9.17, 15) is 13.2 Å². The highest BCUT2D eigenvalue weighted by atomic mass is 32.2. The molecule has 0 aliphatic carbocycles. The molecule has 0 radical (unpaired) electrons. The molecule has 1 heterocycles. The van der Waals surface area contributed by atoms with Gasteiger partial charge in [-0.25, -0.2) is 17.5 Å². The summed E-state index contributed by atoms with van der Waals surface area (Å²) in [6.07, 6.45) is 0.630. The van der Waals surface area contributed by atoms with Crippen LogP contribution >= 0.6 is 0 Å². The number of aromatic amines is 1. The van der Waals surface area contributed by atoms with Gasteiger partial charge in [-0.15, -0.1) is 0 Å². The zero-order valence-electron chi connectivity index (χ0n) is 11.1. The maximum atomic E-state index is 12.3. The summed E-state index contributed by atoms with van der Waals surface area (Å²) in [6.45, 7) is 2.45. The first kappa shape index (κ1) is 15.6. The molecule has 0 saturated heterocycles. The van der Waals surface area contributed by atoms with Gasteiger partial charge in [0.15, 0.2) is 5.69 Å². The smallest absolute Gasteiger partial charge is 0.357 e. The van der Waals surface area contributed by atoms with E-state index in [1.807, 2.05) is 0 Å². The molecule has 0 atom stereocenters. The number of carboxylic acid groups (broad SMARTS) is 1. The molecule has 3 N–H and O–H groups in total. The molecule has 19 heavy (non-hydrogen) atoms. The molecule has 0 bridgehead atoms. The monoisotopic (exact) mass is 290 g/mol. The molecule has 0 aromatic carbocycles.